The van der Waals surface area contributed by atoms with Crippen molar-refractivity contribution in [3.05, 3.63) is 58.6 Å². The zero-order valence-corrected chi connectivity index (χ0v) is 17.5. The number of imidazole rings is 1. The average Bonchev–Trinajstić information content (AvgIpc) is 3.15. The minimum atomic E-state index is -0.358. The lowest BCUT2D eigenvalue weighted by molar-refractivity contribution is -0.384. The molecule has 1 amide bonds. The van der Waals surface area contributed by atoms with Crippen LogP contribution in [0, 0.1) is 10.1 Å². The Morgan fingerprint density at radius 2 is 1.80 bits per heavy atom. The molecule has 0 unspecified atom stereocenters. The molecule has 0 radical (unpaired) electrons. The van der Waals surface area contributed by atoms with Gasteiger partial charge in [0, 0.05) is 38.8 Å². The summed E-state index contributed by atoms with van der Waals surface area (Å²) in [5, 5.41) is 12.1. The van der Waals surface area contributed by atoms with Gasteiger partial charge in [0.15, 0.2) is 5.16 Å². The second-order valence-electron chi connectivity index (χ2n) is 7.03. The van der Waals surface area contributed by atoms with E-state index in [1.807, 2.05) is 34.1 Å². The number of hydrogen-bond acceptors (Lipinski definition) is 6. The summed E-state index contributed by atoms with van der Waals surface area (Å²) in [6.45, 7) is 5.13. The highest BCUT2D eigenvalue weighted by Gasteiger charge is 2.25. The van der Waals surface area contributed by atoms with Crippen molar-refractivity contribution in [1.29, 1.82) is 0 Å². The first kappa shape index (κ1) is 20.2. The Hall–Kier alpha value is -3.07. The molecule has 4 rings (SSSR count). The second-order valence-corrected chi connectivity index (χ2v) is 7.97. The van der Waals surface area contributed by atoms with E-state index in [0.717, 1.165) is 22.7 Å². The maximum atomic E-state index is 12.7. The fraction of sp³-hybridized carbons (Fsp3) is 0.333. The number of fused-ring (bicyclic) bond motifs is 1. The first-order valence-corrected chi connectivity index (χ1v) is 10.9. The maximum absolute atomic E-state index is 12.7. The van der Waals surface area contributed by atoms with Crippen LogP contribution in [0.4, 0.5) is 11.4 Å². The van der Waals surface area contributed by atoms with Gasteiger partial charge in [0.1, 0.15) is 5.69 Å². The van der Waals surface area contributed by atoms with E-state index < -0.39 is 0 Å². The molecule has 0 N–H and O–H groups in total. The number of nitrogens with zero attached hydrogens (tertiary/aromatic N) is 5. The molecule has 0 aliphatic carbocycles. The van der Waals surface area contributed by atoms with Crippen LogP contribution in [0.5, 0.6) is 0 Å². The van der Waals surface area contributed by atoms with Crippen LogP contribution in [0.3, 0.4) is 0 Å². The number of anilines is 1. The number of aromatic nitrogens is 2. The molecule has 2 heterocycles. The van der Waals surface area contributed by atoms with Gasteiger partial charge < -0.3 is 14.4 Å². The van der Waals surface area contributed by atoms with Gasteiger partial charge in [0.2, 0.25) is 5.91 Å². The Balaban J connectivity index is 1.37. The summed E-state index contributed by atoms with van der Waals surface area (Å²) in [6.07, 6.45) is 0. The van der Waals surface area contributed by atoms with Crippen molar-refractivity contribution < 1.29 is 9.72 Å². The molecule has 1 aromatic heterocycles. The van der Waals surface area contributed by atoms with Crippen molar-refractivity contribution in [1.82, 2.24) is 14.5 Å². The molecular weight excluding hydrogens is 402 g/mol. The van der Waals surface area contributed by atoms with Gasteiger partial charge in [-0.1, -0.05) is 36.0 Å². The minimum Gasteiger partial charge on any atom is -0.362 e. The van der Waals surface area contributed by atoms with E-state index in [9.17, 15) is 14.9 Å². The zero-order chi connectivity index (χ0) is 21.1. The number of hydrogen-bond donors (Lipinski definition) is 0. The summed E-state index contributed by atoms with van der Waals surface area (Å²) in [4.78, 5) is 32.1. The quantitative estimate of drug-likeness (QED) is 0.342. The molecule has 0 bridgehead atoms. The third-order valence-corrected chi connectivity index (χ3v) is 6.27. The zero-order valence-electron chi connectivity index (χ0n) is 16.7. The molecular formula is C21H23N5O3S. The number of para-hydroxylation sites is 4. The van der Waals surface area contributed by atoms with Crippen molar-refractivity contribution in [2.24, 2.45) is 0 Å². The lowest BCUT2D eigenvalue weighted by Gasteiger charge is -2.35. The third-order valence-electron chi connectivity index (χ3n) is 5.31. The Morgan fingerprint density at radius 3 is 2.53 bits per heavy atom. The molecule has 1 aliphatic heterocycles. The number of thioether (sulfide) groups is 1. The lowest BCUT2D eigenvalue weighted by atomic mass is 10.2. The number of carbonyl (C=O) groups is 1. The van der Waals surface area contributed by atoms with Crippen LogP contribution in [0.15, 0.2) is 53.7 Å². The number of rotatable bonds is 6. The number of carbonyl (C=O) groups excluding carboxylic acids is 1. The van der Waals surface area contributed by atoms with E-state index in [1.165, 1.54) is 17.8 Å². The van der Waals surface area contributed by atoms with Gasteiger partial charge in [-0.05, 0) is 25.1 Å². The van der Waals surface area contributed by atoms with Crippen LogP contribution in [0.2, 0.25) is 0 Å². The molecule has 1 fully saturated rings. The molecule has 0 spiro atoms. The molecule has 9 heteroatoms. The number of nitro groups is 1. The molecule has 8 nitrogen and oxygen atoms in total. The first-order valence-electron chi connectivity index (χ1n) is 9.92. The van der Waals surface area contributed by atoms with Crippen LogP contribution < -0.4 is 4.90 Å². The van der Waals surface area contributed by atoms with E-state index in [4.69, 9.17) is 0 Å². The number of nitro benzene ring substituents is 1. The smallest absolute Gasteiger partial charge is 0.292 e. The fourth-order valence-corrected chi connectivity index (χ4v) is 4.75. The molecule has 0 atom stereocenters. The molecule has 1 saturated heterocycles. The molecule has 2 aromatic carbocycles. The van der Waals surface area contributed by atoms with Gasteiger partial charge >= 0.3 is 0 Å². The number of aryl methyl sites for hydroxylation is 1. The SMILES string of the molecule is CCn1c(SCC(=O)N2CCN(c3ccccc3[N+](=O)[O-])CC2)nc2ccccc21. The second kappa shape index (κ2) is 8.74. The highest BCUT2D eigenvalue weighted by Crippen LogP contribution is 2.29. The third kappa shape index (κ3) is 3.97. The van der Waals surface area contributed by atoms with Gasteiger partial charge in [0.25, 0.3) is 5.69 Å². The summed E-state index contributed by atoms with van der Waals surface area (Å²) in [5.41, 5.74) is 2.73. The van der Waals surface area contributed by atoms with Gasteiger partial charge in [-0.15, -0.1) is 0 Å². The van der Waals surface area contributed by atoms with Crippen LogP contribution in [-0.4, -0.2) is 57.2 Å². The Morgan fingerprint density at radius 1 is 1.10 bits per heavy atom. The molecule has 30 heavy (non-hydrogen) atoms. The predicted octanol–water partition coefficient (Wildman–Crippen LogP) is 3.41. The van der Waals surface area contributed by atoms with Crippen molar-refractivity contribution >= 4 is 40.1 Å². The van der Waals surface area contributed by atoms with Gasteiger partial charge in [0.05, 0.1) is 21.7 Å². The van der Waals surface area contributed by atoms with Crippen molar-refractivity contribution in [3.63, 3.8) is 0 Å². The van der Waals surface area contributed by atoms with E-state index in [1.54, 1.807) is 18.2 Å². The van der Waals surface area contributed by atoms with Crippen molar-refractivity contribution in [3.8, 4) is 0 Å². The normalized spacial score (nSPS) is 14.3. The Labute approximate surface area is 178 Å². The predicted molar refractivity (Wildman–Crippen MR) is 118 cm³/mol. The first-order chi connectivity index (χ1) is 14.6. The molecule has 1 aliphatic rings. The summed E-state index contributed by atoms with van der Waals surface area (Å²) in [5.74, 6) is 0.395. The Bertz CT molecular complexity index is 1080. The number of piperazine rings is 1. The van der Waals surface area contributed by atoms with Crippen molar-refractivity contribution in [2.75, 3.05) is 36.8 Å². The van der Waals surface area contributed by atoms with Gasteiger partial charge in [-0.2, -0.15) is 0 Å². The van der Waals surface area contributed by atoms with E-state index in [2.05, 4.69) is 16.5 Å². The largest absolute Gasteiger partial charge is 0.362 e. The number of benzene rings is 2. The van der Waals surface area contributed by atoms with E-state index >= 15 is 0 Å². The molecule has 156 valence electrons. The standard InChI is InChI=1S/C21H23N5O3S/c1-2-25-17-8-4-3-7-16(17)22-21(25)30-15-20(27)24-13-11-23(12-14-24)18-9-5-6-10-19(18)26(28)29/h3-10H,2,11-15H2,1H3. The maximum Gasteiger partial charge on any atom is 0.292 e. The molecule has 3 aromatic rings. The fourth-order valence-electron chi connectivity index (χ4n) is 3.77. The summed E-state index contributed by atoms with van der Waals surface area (Å²) >= 11 is 1.46. The van der Waals surface area contributed by atoms with Gasteiger partial charge in [-0.3, -0.25) is 14.9 Å². The summed E-state index contributed by atoms with van der Waals surface area (Å²) in [7, 11) is 0. The average molecular weight is 426 g/mol. The van der Waals surface area contributed by atoms with E-state index in [0.29, 0.717) is 37.6 Å². The summed E-state index contributed by atoms with van der Waals surface area (Å²) in [6, 6.07) is 14.7. The lowest BCUT2D eigenvalue weighted by Crippen LogP contribution is -2.49. The summed E-state index contributed by atoms with van der Waals surface area (Å²) < 4.78 is 2.12. The van der Waals surface area contributed by atoms with Crippen LogP contribution in [0.1, 0.15) is 6.92 Å². The molecule has 0 saturated carbocycles. The highest BCUT2D eigenvalue weighted by molar-refractivity contribution is 7.99. The van der Waals surface area contributed by atoms with Crippen LogP contribution in [-0.2, 0) is 11.3 Å². The van der Waals surface area contributed by atoms with Gasteiger partial charge in [-0.25, -0.2) is 4.98 Å². The van der Waals surface area contributed by atoms with E-state index in [-0.39, 0.29) is 16.5 Å². The van der Waals surface area contributed by atoms with Crippen molar-refractivity contribution in [2.45, 2.75) is 18.6 Å². The minimum absolute atomic E-state index is 0.0666. The topological polar surface area (TPSA) is 84.5 Å². The van der Waals surface area contributed by atoms with Crippen LogP contribution >= 0.6 is 11.8 Å². The highest BCUT2D eigenvalue weighted by atomic mass is 32.2. The Kier molecular flexibility index (Phi) is 5.89. The monoisotopic (exact) mass is 425 g/mol. The van der Waals surface area contributed by atoms with Crippen LogP contribution in [0.25, 0.3) is 11.0 Å². The number of amides is 1.